The first kappa shape index (κ1) is 19.3. The van der Waals surface area contributed by atoms with Crippen molar-refractivity contribution in [1.82, 2.24) is 9.97 Å². The zero-order valence-electron chi connectivity index (χ0n) is 16.0. The van der Waals surface area contributed by atoms with Crippen LogP contribution in [-0.4, -0.2) is 34.2 Å². The molecule has 0 aliphatic carbocycles. The molecule has 0 radical (unpaired) electrons. The Labute approximate surface area is 173 Å². The normalized spacial score (nSPS) is 15.7. The molecular formula is C22H19N5O3. The highest BCUT2D eigenvalue weighted by molar-refractivity contribution is 6.05. The number of aromatic nitrogens is 2. The summed E-state index contributed by atoms with van der Waals surface area (Å²) in [6.45, 7) is 0.340. The third-order valence-electron chi connectivity index (χ3n) is 4.77. The van der Waals surface area contributed by atoms with Crippen molar-refractivity contribution < 1.29 is 14.4 Å². The number of hydrogen-bond donors (Lipinski definition) is 2. The van der Waals surface area contributed by atoms with Crippen LogP contribution in [0.3, 0.4) is 0 Å². The third kappa shape index (κ3) is 4.33. The molecule has 0 saturated carbocycles. The number of anilines is 3. The van der Waals surface area contributed by atoms with Crippen LogP contribution in [0.2, 0.25) is 0 Å². The van der Waals surface area contributed by atoms with Crippen molar-refractivity contribution in [2.45, 2.75) is 6.42 Å². The van der Waals surface area contributed by atoms with Gasteiger partial charge in [-0.25, -0.2) is 9.97 Å². The fourth-order valence-electron chi connectivity index (χ4n) is 3.23. The molecule has 1 atom stereocenters. The lowest BCUT2D eigenvalue weighted by atomic mass is 10.1. The first-order valence-corrected chi connectivity index (χ1v) is 9.45. The molecule has 3 aromatic rings. The molecule has 1 aliphatic rings. The van der Waals surface area contributed by atoms with Gasteiger partial charge in [-0.3, -0.25) is 19.7 Å². The maximum absolute atomic E-state index is 12.6. The van der Waals surface area contributed by atoms with Crippen LogP contribution in [0, 0.1) is 5.92 Å². The Morgan fingerprint density at radius 1 is 0.900 bits per heavy atom. The van der Waals surface area contributed by atoms with E-state index in [-0.39, 0.29) is 30.1 Å². The van der Waals surface area contributed by atoms with Crippen molar-refractivity contribution >= 4 is 35.0 Å². The molecule has 8 nitrogen and oxygen atoms in total. The molecule has 1 aromatic heterocycles. The Morgan fingerprint density at radius 2 is 1.60 bits per heavy atom. The van der Waals surface area contributed by atoms with E-state index >= 15 is 0 Å². The molecule has 8 heteroatoms. The van der Waals surface area contributed by atoms with E-state index < -0.39 is 5.92 Å². The van der Waals surface area contributed by atoms with Gasteiger partial charge in [0.25, 0.3) is 5.91 Å². The Morgan fingerprint density at radius 3 is 2.30 bits per heavy atom. The minimum atomic E-state index is -0.434. The van der Waals surface area contributed by atoms with E-state index in [9.17, 15) is 14.4 Å². The van der Waals surface area contributed by atoms with Crippen molar-refractivity contribution in [3.63, 3.8) is 0 Å². The van der Waals surface area contributed by atoms with Crippen LogP contribution in [0.4, 0.5) is 17.3 Å². The lowest BCUT2D eigenvalue weighted by molar-refractivity contribution is -0.122. The van der Waals surface area contributed by atoms with Crippen molar-refractivity contribution in [3.8, 4) is 0 Å². The number of rotatable bonds is 5. The molecule has 1 unspecified atom stereocenters. The van der Waals surface area contributed by atoms with Crippen molar-refractivity contribution in [3.05, 3.63) is 78.6 Å². The average Bonchev–Trinajstić information content (AvgIpc) is 3.17. The van der Waals surface area contributed by atoms with Crippen LogP contribution in [0.15, 0.2) is 73.1 Å². The molecule has 3 amide bonds. The summed E-state index contributed by atoms with van der Waals surface area (Å²) in [7, 11) is 0. The van der Waals surface area contributed by atoms with Crippen molar-refractivity contribution in [1.29, 1.82) is 0 Å². The summed E-state index contributed by atoms with van der Waals surface area (Å²) in [5, 5.41) is 5.42. The van der Waals surface area contributed by atoms with Gasteiger partial charge >= 0.3 is 0 Å². The van der Waals surface area contributed by atoms with Gasteiger partial charge in [-0.15, -0.1) is 0 Å². The third-order valence-corrected chi connectivity index (χ3v) is 4.77. The van der Waals surface area contributed by atoms with Gasteiger partial charge < -0.3 is 10.2 Å². The number of nitrogens with zero attached hydrogens (tertiary/aromatic N) is 3. The molecule has 30 heavy (non-hydrogen) atoms. The number of benzene rings is 2. The second-order valence-electron chi connectivity index (χ2n) is 6.83. The minimum Gasteiger partial charge on any atom is -0.326 e. The molecule has 1 saturated heterocycles. The summed E-state index contributed by atoms with van der Waals surface area (Å²) in [6.07, 6.45) is 3.24. The van der Waals surface area contributed by atoms with Gasteiger partial charge in [-0.05, 0) is 42.5 Å². The van der Waals surface area contributed by atoms with Crippen molar-refractivity contribution in [2.75, 3.05) is 22.1 Å². The van der Waals surface area contributed by atoms with Gasteiger partial charge in [0.1, 0.15) is 0 Å². The molecule has 1 fully saturated rings. The standard InChI is InChI=1S/C22H19N5O3/c28-19-13-16(14-27(19)18-5-2-1-3-6-18)21(30)25-17-9-7-15(8-10-17)20(29)26-22-23-11-4-12-24-22/h1-12,16H,13-14H2,(H,25,30)(H,23,24,26,29). The zero-order valence-corrected chi connectivity index (χ0v) is 16.0. The fourth-order valence-corrected chi connectivity index (χ4v) is 3.23. The average molecular weight is 401 g/mol. The fraction of sp³-hybridized carbons (Fsp3) is 0.136. The summed E-state index contributed by atoms with van der Waals surface area (Å²) in [6, 6.07) is 17.4. The lowest BCUT2D eigenvalue weighted by Crippen LogP contribution is -2.28. The van der Waals surface area contributed by atoms with Crippen LogP contribution in [-0.2, 0) is 9.59 Å². The summed E-state index contributed by atoms with van der Waals surface area (Å²) in [5.74, 6) is -0.864. The number of hydrogen-bond acceptors (Lipinski definition) is 5. The Bertz CT molecular complexity index is 1060. The number of nitrogens with one attached hydrogen (secondary N) is 2. The van der Waals surface area contributed by atoms with Gasteiger partial charge in [0.15, 0.2) is 0 Å². The summed E-state index contributed by atoms with van der Waals surface area (Å²) in [4.78, 5) is 46.7. The molecule has 4 rings (SSSR count). The van der Waals surface area contributed by atoms with Gasteiger partial charge in [0.05, 0.1) is 5.92 Å². The van der Waals surface area contributed by atoms with Crippen LogP contribution in [0.5, 0.6) is 0 Å². The molecular weight excluding hydrogens is 382 g/mol. The van der Waals surface area contributed by atoms with E-state index in [2.05, 4.69) is 20.6 Å². The first-order valence-electron chi connectivity index (χ1n) is 9.45. The molecule has 1 aliphatic heterocycles. The Balaban J connectivity index is 1.36. The van der Waals surface area contributed by atoms with Crippen molar-refractivity contribution in [2.24, 2.45) is 5.92 Å². The second kappa shape index (κ2) is 8.52. The number of carbonyl (C=O) groups excluding carboxylic acids is 3. The van der Waals surface area contributed by atoms with E-state index in [4.69, 9.17) is 0 Å². The SMILES string of the molecule is O=C(Nc1ncccn1)c1ccc(NC(=O)C2CC(=O)N(c3ccccc3)C2)cc1. The van der Waals surface area contributed by atoms with Gasteiger partial charge in [-0.2, -0.15) is 0 Å². The number of carbonyl (C=O) groups is 3. The number of para-hydroxylation sites is 1. The molecule has 2 N–H and O–H groups in total. The molecule has 2 heterocycles. The lowest BCUT2D eigenvalue weighted by Gasteiger charge is -2.16. The summed E-state index contributed by atoms with van der Waals surface area (Å²) >= 11 is 0. The topological polar surface area (TPSA) is 104 Å². The van der Waals surface area contributed by atoms with E-state index in [0.29, 0.717) is 17.8 Å². The quantitative estimate of drug-likeness (QED) is 0.684. The minimum absolute atomic E-state index is 0.0727. The zero-order chi connectivity index (χ0) is 20.9. The van der Waals surface area contributed by atoms with E-state index in [1.165, 1.54) is 12.4 Å². The molecule has 2 aromatic carbocycles. The Hall–Kier alpha value is -4.07. The smallest absolute Gasteiger partial charge is 0.258 e. The van der Waals surface area contributed by atoms with Crippen LogP contribution in [0.25, 0.3) is 0 Å². The maximum atomic E-state index is 12.6. The monoisotopic (exact) mass is 401 g/mol. The highest BCUT2D eigenvalue weighted by Gasteiger charge is 2.35. The van der Waals surface area contributed by atoms with E-state index in [1.54, 1.807) is 35.2 Å². The van der Waals surface area contributed by atoms with Crippen LogP contribution < -0.4 is 15.5 Å². The Kier molecular flexibility index (Phi) is 5.47. The van der Waals surface area contributed by atoms with Crippen LogP contribution in [0.1, 0.15) is 16.8 Å². The number of amides is 3. The summed E-state index contributed by atoms with van der Waals surface area (Å²) < 4.78 is 0. The predicted molar refractivity (Wildman–Crippen MR) is 112 cm³/mol. The first-order chi connectivity index (χ1) is 14.6. The van der Waals surface area contributed by atoms with E-state index in [1.807, 2.05) is 30.3 Å². The van der Waals surface area contributed by atoms with E-state index in [0.717, 1.165) is 5.69 Å². The molecule has 0 bridgehead atoms. The maximum Gasteiger partial charge on any atom is 0.258 e. The highest BCUT2D eigenvalue weighted by atomic mass is 16.2. The predicted octanol–water partition coefficient (Wildman–Crippen LogP) is 2.72. The van der Waals surface area contributed by atoms with Gasteiger partial charge in [0, 0.05) is 42.3 Å². The van der Waals surface area contributed by atoms with Gasteiger partial charge in [0.2, 0.25) is 17.8 Å². The molecule has 150 valence electrons. The van der Waals surface area contributed by atoms with Gasteiger partial charge in [-0.1, -0.05) is 18.2 Å². The molecule has 0 spiro atoms. The van der Waals surface area contributed by atoms with Crippen LogP contribution >= 0.6 is 0 Å². The second-order valence-corrected chi connectivity index (χ2v) is 6.83. The largest absolute Gasteiger partial charge is 0.326 e. The highest BCUT2D eigenvalue weighted by Crippen LogP contribution is 2.25. The summed E-state index contributed by atoms with van der Waals surface area (Å²) in [5.41, 5.74) is 1.75.